The van der Waals surface area contributed by atoms with E-state index >= 15 is 0 Å². The van der Waals surface area contributed by atoms with Gasteiger partial charge in [-0.15, -0.1) is 13.2 Å². The van der Waals surface area contributed by atoms with E-state index in [0.717, 1.165) is 0 Å². The minimum Gasteiger partial charge on any atom is -0.103 e. The molecule has 66 valence electrons. The molecule has 0 aromatic rings. The molecule has 1 aliphatic rings. The molecule has 0 fully saturated rings. The molecule has 0 aromatic heterocycles. The maximum Gasteiger partial charge on any atom is -0.0170 e. The van der Waals surface area contributed by atoms with E-state index in [1.165, 1.54) is 25.7 Å². The third kappa shape index (κ3) is 2.37. The van der Waals surface area contributed by atoms with Crippen molar-refractivity contribution in [3.8, 4) is 0 Å². The molecule has 12 heavy (non-hydrogen) atoms. The predicted octanol–water partition coefficient (Wildman–Crippen LogP) is 3.72. The van der Waals surface area contributed by atoms with Crippen molar-refractivity contribution in [3.05, 3.63) is 37.5 Å². The summed E-state index contributed by atoms with van der Waals surface area (Å²) in [5.41, 5.74) is 0. The van der Waals surface area contributed by atoms with Crippen molar-refractivity contribution in [1.29, 1.82) is 0 Å². The lowest BCUT2D eigenvalue weighted by Gasteiger charge is -2.21. The smallest absolute Gasteiger partial charge is 0.0170 e. The van der Waals surface area contributed by atoms with Gasteiger partial charge in [-0.05, 0) is 37.5 Å². The van der Waals surface area contributed by atoms with Crippen LogP contribution in [0.15, 0.2) is 37.5 Å². The average molecular weight is 162 g/mol. The fourth-order valence-corrected chi connectivity index (χ4v) is 1.83. The number of rotatable bonds is 2. The number of hydrogen-bond donors (Lipinski definition) is 0. The zero-order chi connectivity index (χ0) is 8.81. The molecule has 2 unspecified atom stereocenters. The minimum absolute atomic E-state index is 0.646. The molecule has 0 radical (unpaired) electrons. The maximum atomic E-state index is 3.88. The SMILES string of the molecule is C=CC1CC/C=C\CCC1C=C. The standard InChI is InChI=1S/C12H18/c1-3-11-9-7-5-6-8-10-12(11)4-2/h3-6,11-12H,1-2,7-10H2/b6-5-. The number of hydrogen-bond acceptors (Lipinski definition) is 0. The lowest BCUT2D eigenvalue weighted by Crippen LogP contribution is -2.10. The van der Waals surface area contributed by atoms with Crippen LogP contribution in [0.4, 0.5) is 0 Å². The topological polar surface area (TPSA) is 0 Å². The summed E-state index contributed by atoms with van der Waals surface area (Å²) in [4.78, 5) is 0. The molecule has 0 aromatic carbocycles. The van der Waals surface area contributed by atoms with E-state index in [-0.39, 0.29) is 0 Å². The second-order valence-electron chi connectivity index (χ2n) is 3.43. The van der Waals surface area contributed by atoms with Gasteiger partial charge in [0.05, 0.1) is 0 Å². The van der Waals surface area contributed by atoms with E-state index in [1.807, 2.05) is 0 Å². The van der Waals surface area contributed by atoms with E-state index in [1.54, 1.807) is 0 Å². The van der Waals surface area contributed by atoms with Gasteiger partial charge in [0.2, 0.25) is 0 Å². The molecule has 0 bridgehead atoms. The van der Waals surface area contributed by atoms with Crippen LogP contribution in [-0.4, -0.2) is 0 Å². The molecule has 0 nitrogen and oxygen atoms in total. The van der Waals surface area contributed by atoms with Crippen LogP contribution >= 0.6 is 0 Å². The summed E-state index contributed by atoms with van der Waals surface area (Å²) < 4.78 is 0. The first-order valence-electron chi connectivity index (χ1n) is 4.78. The Morgan fingerprint density at radius 1 is 0.917 bits per heavy atom. The van der Waals surface area contributed by atoms with Crippen LogP contribution in [0.2, 0.25) is 0 Å². The monoisotopic (exact) mass is 162 g/mol. The van der Waals surface area contributed by atoms with E-state index in [0.29, 0.717) is 11.8 Å². The quantitative estimate of drug-likeness (QED) is 0.543. The molecule has 0 aliphatic heterocycles. The minimum atomic E-state index is 0.646. The largest absolute Gasteiger partial charge is 0.103 e. The molecular formula is C12H18. The van der Waals surface area contributed by atoms with Crippen molar-refractivity contribution in [2.75, 3.05) is 0 Å². The maximum absolute atomic E-state index is 3.88. The molecule has 2 atom stereocenters. The van der Waals surface area contributed by atoms with Crippen LogP contribution < -0.4 is 0 Å². The molecule has 0 heteroatoms. The van der Waals surface area contributed by atoms with Crippen molar-refractivity contribution in [2.45, 2.75) is 25.7 Å². The number of allylic oxidation sites excluding steroid dienone is 4. The molecule has 0 heterocycles. The van der Waals surface area contributed by atoms with Crippen LogP contribution in [0.3, 0.4) is 0 Å². The highest BCUT2D eigenvalue weighted by atomic mass is 14.2. The summed E-state index contributed by atoms with van der Waals surface area (Å²) in [7, 11) is 0. The van der Waals surface area contributed by atoms with Gasteiger partial charge in [0.15, 0.2) is 0 Å². The lowest BCUT2D eigenvalue weighted by molar-refractivity contribution is 0.420. The van der Waals surface area contributed by atoms with Gasteiger partial charge < -0.3 is 0 Å². The van der Waals surface area contributed by atoms with Crippen LogP contribution in [0.5, 0.6) is 0 Å². The molecular weight excluding hydrogens is 144 g/mol. The van der Waals surface area contributed by atoms with Crippen LogP contribution in [0.25, 0.3) is 0 Å². The lowest BCUT2D eigenvalue weighted by atomic mass is 9.84. The average Bonchev–Trinajstić information content (AvgIpc) is 2.05. The summed E-state index contributed by atoms with van der Waals surface area (Å²) in [5, 5.41) is 0. The highest BCUT2D eigenvalue weighted by molar-refractivity contribution is 4.98. The van der Waals surface area contributed by atoms with Gasteiger partial charge >= 0.3 is 0 Å². The predicted molar refractivity (Wildman–Crippen MR) is 55.0 cm³/mol. The van der Waals surface area contributed by atoms with Crippen LogP contribution in [0.1, 0.15) is 25.7 Å². The summed E-state index contributed by atoms with van der Waals surface area (Å²) in [6.45, 7) is 7.77. The van der Waals surface area contributed by atoms with Gasteiger partial charge in [-0.3, -0.25) is 0 Å². The highest BCUT2D eigenvalue weighted by Gasteiger charge is 2.15. The fraction of sp³-hybridized carbons (Fsp3) is 0.500. The first kappa shape index (κ1) is 9.31. The summed E-state index contributed by atoms with van der Waals surface area (Å²) in [5.74, 6) is 1.29. The Kier molecular flexibility index (Phi) is 3.86. The van der Waals surface area contributed by atoms with Gasteiger partial charge in [-0.1, -0.05) is 24.3 Å². The van der Waals surface area contributed by atoms with Crippen LogP contribution in [0, 0.1) is 11.8 Å². The first-order chi connectivity index (χ1) is 5.88. The molecule has 0 N–H and O–H groups in total. The fourth-order valence-electron chi connectivity index (χ4n) is 1.83. The molecule has 0 amide bonds. The van der Waals surface area contributed by atoms with E-state index in [4.69, 9.17) is 0 Å². The Labute approximate surface area is 75.7 Å². The normalized spacial score (nSPS) is 33.0. The summed E-state index contributed by atoms with van der Waals surface area (Å²) in [6.07, 6.45) is 13.6. The first-order valence-corrected chi connectivity index (χ1v) is 4.78. The second kappa shape index (κ2) is 4.97. The van der Waals surface area contributed by atoms with E-state index in [2.05, 4.69) is 37.5 Å². The molecule has 0 saturated heterocycles. The van der Waals surface area contributed by atoms with E-state index in [9.17, 15) is 0 Å². The van der Waals surface area contributed by atoms with Gasteiger partial charge in [-0.2, -0.15) is 0 Å². The summed E-state index contributed by atoms with van der Waals surface area (Å²) in [6, 6.07) is 0. The van der Waals surface area contributed by atoms with Gasteiger partial charge in [0, 0.05) is 0 Å². The van der Waals surface area contributed by atoms with Crippen molar-refractivity contribution in [1.82, 2.24) is 0 Å². The Morgan fingerprint density at radius 3 is 1.67 bits per heavy atom. The third-order valence-corrected chi connectivity index (χ3v) is 2.66. The van der Waals surface area contributed by atoms with Gasteiger partial charge in [-0.25, -0.2) is 0 Å². The zero-order valence-electron chi connectivity index (χ0n) is 7.71. The molecule has 0 spiro atoms. The Balaban J connectivity index is 2.60. The van der Waals surface area contributed by atoms with Gasteiger partial charge in [0.1, 0.15) is 0 Å². The third-order valence-electron chi connectivity index (χ3n) is 2.66. The van der Waals surface area contributed by atoms with Crippen LogP contribution in [-0.2, 0) is 0 Å². The van der Waals surface area contributed by atoms with Crippen molar-refractivity contribution >= 4 is 0 Å². The van der Waals surface area contributed by atoms with E-state index < -0.39 is 0 Å². The van der Waals surface area contributed by atoms with Crippen molar-refractivity contribution in [2.24, 2.45) is 11.8 Å². The Hall–Kier alpha value is -0.780. The molecule has 0 saturated carbocycles. The molecule has 1 rings (SSSR count). The second-order valence-corrected chi connectivity index (χ2v) is 3.43. The van der Waals surface area contributed by atoms with Crippen molar-refractivity contribution < 1.29 is 0 Å². The van der Waals surface area contributed by atoms with Crippen molar-refractivity contribution in [3.63, 3.8) is 0 Å². The zero-order valence-corrected chi connectivity index (χ0v) is 7.71. The Bertz CT molecular complexity index is 156. The highest BCUT2D eigenvalue weighted by Crippen LogP contribution is 2.26. The summed E-state index contributed by atoms with van der Waals surface area (Å²) >= 11 is 0. The molecule has 1 aliphatic carbocycles. The Morgan fingerprint density at radius 2 is 1.33 bits per heavy atom. The van der Waals surface area contributed by atoms with Gasteiger partial charge in [0.25, 0.3) is 0 Å².